The lowest BCUT2D eigenvalue weighted by Crippen LogP contribution is -2.04. The normalized spacial score (nSPS) is 10.5. The van der Waals surface area contributed by atoms with Crippen LogP contribution in [0.15, 0.2) is 53.0 Å². The Labute approximate surface area is 124 Å². The molecule has 2 aromatic carbocycles. The average Bonchev–Trinajstić information content (AvgIpc) is 2.40. The first kappa shape index (κ1) is 16.6. The molecule has 0 heterocycles. The molecule has 1 nitrogen and oxygen atoms in total. The number of alkyl halides is 3. The molecule has 2 aromatic rings. The maximum absolute atomic E-state index is 12.5. The van der Waals surface area contributed by atoms with E-state index in [0.717, 1.165) is 16.6 Å². The van der Waals surface area contributed by atoms with Crippen LogP contribution < -0.4 is 4.74 Å². The van der Waals surface area contributed by atoms with E-state index in [9.17, 15) is 13.2 Å². The van der Waals surface area contributed by atoms with Crippen LogP contribution in [-0.2, 0) is 6.18 Å². The third-order valence-electron chi connectivity index (χ3n) is 2.19. The molecule has 0 aliphatic rings. The fourth-order valence-corrected chi connectivity index (χ4v) is 1.78. The quantitative estimate of drug-likeness (QED) is 0.621. The van der Waals surface area contributed by atoms with Crippen LogP contribution in [0.1, 0.15) is 19.4 Å². The number of halogens is 4. The summed E-state index contributed by atoms with van der Waals surface area (Å²) >= 11 is 3.26. The third kappa shape index (κ3) is 4.89. The van der Waals surface area contributed by atoms with Crippen molar-refractivity contribution in [3.05, 3.63) is 58.6 Å². The Balaban J connectivity index is 0.000000956. The Bertz CT molecular complexity index is 553. The lowest BCUT2D eigenvalue weighted by Gasteiger charge is -2.10. The average molecular weight is 347 g/mol. The molecule has 0 spiro atoms. The molecule has 20 heavy (non-hydrogen) atoms. The summed E-state index contributed by atoms with van der Waals surface area (Å²) in [6, 6.07) is 11.7. The van der Waals surface area contributed by atoms with Crippen LogP contribution in [0.4, 0.5) is 13.2 Å². The first-order valence-corrected chi connectivity index (χ1v) is 6.85. The van der Waals surface area contributed by atoms with Crippen LogP contribution in [0.2, 0.25) is 0 Å². The van der Waals surface area contributed by atoms with Gasteiger partial charge in [-0.25, -0.2) is 0 Å². The summed E-state index contributed by atoms with van der Waals surface area (Å²) in [6.45, 7) is 4.00. The monoisotopic (exact) mass is 346 g/mol. The van der Waals surface area contributed by atoms with Gasteiger partial charge in [0.15, 0.2) is 0 Å². The van der Waals surface area contributed by atoms with E-state index in [1.807, 2.05) is 13.8 Å². The highest BCUT2D eigenvalue weighted by atomic mass is 79.9. The van der Waals surface area contributed by atoms with Crippen LogP contribution in [0, 0.1) is 0 Å². The van der Waals surface area contributed by atoms with Gasteiger partial charge in [0, 0.05) is 4.47 Å². The van der Waals surface area contributed by atoms with Crippen LogP contribution >= 0.6 is 15.9 Å². The fraction of sp³-hybridized carbons (Fsp3) is 0.200. The molecule has 5 heteroatoms. The SMILES string of the molecule is CC.FC(F)(F)c1cccc(Oc2cccc(Br)c2)c1. The van der Waals surface area contributed by atoms with Gasteiger partial charge in [-0.15, -0.1) is 0 Å². The Kier molecular flexibility index (Phi) is 6.07. The van der Waals surface area contributed by atoms with Gasteiger partial charge >= 0.3 is 6.18 Å². The summed E-state index contributed by atoms with van der Waals surface area (Å²) < 4.78 is 43.7. The van der Waals surface area contributed by atoms with Gasteiger partial charge in [-0.05, 0) is 36.4 Å². The number of ether oxygens (including phenoxy) is 1. The van der Waals surface area contributed by atoms with E-state index >= 15 is 0 Å². The minimum atomic E-state index is -4.36. The maximum Gasteiger partial charge on any atom is 0.416 e. The number of rotatable bonds is 2. The van der Waals surface area contributed by atoms with Crippen LogP contribution in [0.25, 0.3) is 0 Å². The van der Waals surface area contributed by atoms with Crippen molar-refractivity contribution in [1.82, 2.24) is 0 Å². The van der Waals surface area contributed by atoms with Gasteiger partial charge in [0.1, 0.15) is 11.5 Å². The van der Waals surface area contributed by atoms with E-state index in [2.05, 4.69) is 15.9 Å². The van der Waals surface area contributed by atoms with Gasteiger partial charge in [-0.1, -0.05) is 41.9 Å². The molecule has 0 fully saturated rings. The lowest BCUT2D eigenvalue weighted by atomic mass is 10.2. The topological polar surface area (TPSA) is 9.23 Å². The number of hydrogen-bond donors (Lipinski definition) is 0. The van der Waals surface area contributed by atoms with Crippen LogP contribution in [0.5, 0.6) is 11.5 Å². The molecule has 108 valence electrons. The van der Waals surface area contributed by atoms with Crippen molar-refractivity contribution in [1.29, 1.82) is 0 Å². The lowest BCUT2D eigenvalue weighted by molar-refractivity contribution is -0.137. The summed E-state index contributed by atoms with van der Waals surface area (Å²) in [7, 11) is 0. The molecule has 0 aliphatic carbocycles. The van der Waals surface area contributed by atoms with Crippen LogP contribution in [0.3, 0.4) is 0 Å². The van der Waals surface area contributed by atoms with Crippen molar-refractivity contribution in [3.63, 3.8) is 0 Å². The summed E-state index contributed by atoms with van der Waals surface area (Å²) in [4.78, 5) is 0. The summed E-state index contributed by atoms with van der Waals surface area (Å²) in [5.41, 5.74) is -0.727. The molecular formula is C15H14BrF3O. The second-order valence-electron chi connectivity index (χ2n) is 3.59. The number of hydrogen-bond acceptors (Lipinski definition) is 1. The van der Waals surface area contributed by atoms with E-state index in [0.29, 0.717) is 5.75 Å². The Morgan fingerprint density at radius 3 is 2.00 bits per heavy atom. The molecule has 0 N–H and O–H groups in total. The second-order valence-corrected chi connectivity index (χ2v) is 4.50. The van der Waals surface area contributed by atoms with Crippen LogP contribution in [-0.4, -0.2) is 0 Å². The molecule has 0 aliphatic heterocycles. The van der Waals surface area contributed by atoms with E-state index in [1.54, 1.807) is 24.3 Å². The van der Waals surface area contributed by atoms with Crippen molar-refractivity contribution in [2.45, 2.75) is 20.0 Å². The molecule has 0 radical (unpaired) electrons. The van der Waals surface area contributed by atoms with Gasteiger partial charge in [-0.2, -0.15) is 13.2 Å². The van der Waals surface area contributed by atoms with Gasteiger partial charge in [0.05, 0.1) is 5.56 Å². The Morgan fingerprint density at radius 2 is 1.45 bits per heavy atom. The Morgan fingerprint density at radius 1 is 0.900 bits per heavy atom. The summed E-state index contributed by atoms with van der Waals surface area (Å²) in [5, 5.41) is 0. The largest absolute Gasteiger partial charge is 0.457 e. The third-order valence-corrected chi connectivity index (χ3v) is 2.69. The predicted octanol–water partition coefficient (Wildman–Crippen LogP) is 6.29. The maximum atomic E-state index is 12.5. The van der Waals surface area contributed by atoms with E-state index < -0.39 is 11.7 Å². The van der Waals surface area contributed by atoms with Gasteiger partial charge in [-0.3, -0.25) is 0 Å². The zero-order chi connectivity index (χ0) is 15.2. The molecule has 0 saturated heterocycles. The van der Waals surface area contributed by atoms with Crippen molar-refractivity contribution < 1.29 is 17.9 Å². The van der Waals surface area contributed by atoms with E-state index in [1.165, 1.54) is 12.1 Å². The highest BCUT2D eigenvalue weighted by molar-refractivity contribution is 9.10. The smallest absolute Gasteiger partial charge is 0.416 e. The molecular weight excluding hydrogens is 333 g/mol. The van der Waals surface area contributed by atoms with Crippen molar-refractivity contribution >= 4 is 15.9 Å². The van der Waals surface area contributed by atoms with Gasteiger partial charge in [0.25, 0.3) is 0 Å². The van der Waals surface area contributed by atoms with Crippen molar-refractivity contribution in [2.24, 2.45) is 0 Å². The summed E-state index contributed by atoms with van der Waals surface area (Å²) in [5.74, 6) is 0.631. The van der Waals surface area contributed by atoms with Gasteiger partial charge in [0.2, 0.25) is 0 Å². The summed E-state index contributed by atoms with van der Waals surface area (Å²) in [6.07, 6.45) is -4.36. The molecule has 0 aromatic heterocycles. The first-order valence-electron chi connectivity index (χ1n) is 6.06. The minimum absolute atomic E-state index is 0.155. The molecule has 0 saturated carbocycles. The van der Waals surface area contributed by atoms with E-state index in [4.69, 9.17) is 4.74 Å². The standard InChI is InChI=1S/C13H8BrF3O.C2H6/c14-10-4-2-6-12(8-10)18-11-5-1-3-9(7-11)13(15,16)17;1-2/h1-8H;1-2H3. The minimum Gasteiger partial charge on any atom is -0.457 e. The molecule has 0 unspecified atom stereocenters. The van der Waals surface area contributed by atoms with E-state index in [-0.39, 0.29) is 5.75 Å². The highest BCUT2D eigenvalue weighted by Gasteiger charge is 2.30. The van der Waals surface area contributed by atoms with Crippen molar-refractivity contribution in [2.75, 3.05) is 0 Å². The second kappa shape index (κ2) is 7.33. The molecule has 0 amide bonds. The van der Waals surface area contributed by atoms with Gasteiger partial charge < -0.3 is 4.74 Å². The zero-order valence-corrected chi connectivity index (χ0v) is 12.6. The highest BCUT2D eigenvalue weighted by Crippen LogP contribution is 2.33. The first-order chi connectivity index (χ1) is 9.45. The molecule has 0 bridgehead atoms. The number of benzene rings is 2. The molecule has 0 atom stereocenters. The Hall–Kier alpha value is -1.49. The van der Waals surface area contributed by atoms with Crippen molar-refractivity contribution in [3.8, 4) is 11.5 Å². The predicted molar refractivity (Wildman–Crippen MR) is 77.0 cm³/mol. The zero-order valence-electron chi connectivity index (χ0n) is 11.0. The molecule has 2 rings (SSSR count). The fourth-order valence-electron chi connectivity index (χ4n) is 1.40.